The number of benzene rings is 1. The monoisotopic (exact) mass is 264 g/mol. The van der Waals surface area contributed by atoms with Crippen molar-refractivity contribution in [2.24, 2.45) is 0 Å². The minimum Gasteiger partial charge on any atom is -0.348 e. The average molecular weight is 264 g/mol. The topological polar surface area (TPSA) is 32.3 Å². The Morgan fingerprint density at radius 1 is 1.17 bits per heavy atom. The molecule has 1 N–H and O–H groups in total. The average Bonchev–Trinajstić information content (AvgIpc) is 2.28. The van der Waals surface area contributed by atoms with Gasteiger partial charge in [0.2, 0.25) is 5.91 Å². The van der Waals surface area contributed by atoms with Gasteiger partial charge < -0.3 is 10.2 Å². The molecule has 0 radical (unpaired) electrons. The van der Waals surface area contributed by atoms with Crippen LogP contribution >= 0.6 is 0 Å². The van der Waals surface area contributed by atoms with Crippen LogP contribution in [0.2, 0.25) is 19.6 Å². The van der Waals surface area contributed by atoms with Crippen LogP contribution in [0.3, 0.4) is 0 Å². The van der Waals surface area contributed by atoms with E-state index in [9.17, 15) is 4.79 Å². The summed E-state index contributed by atoms with van der Waals surface area (Å²) < 4.78 is 0. The highest BCUT2D eigenvalue weighted by molar-refractivity contribution is 6.88. The van der Waals surface area contributed by atoms with Crippen LogP contribution in [0, 0.1) is 0 Å². The Morgan fingerprint density at radius 2 is 1.72 bits per heavy atom. The minimum atomic E-state index is -1.20. The highest BCUT2D eigenvalue weighted by Crippen LogP contribution is 2.04. The summed E-state index contributed by atoms with van der Waals surface area (Å²) in [5.74, 6) is 0.105. The largest absolute Gasteiger partial charge is 0.348 e. The smallest absolute Gasteiger partial charge is 0.236 e. The molecule has 0 aliphatic rings. The molecule has 3 nitrogen and oxygen atoms in total. The van der Waals surface area contributed by atoms with Gasteiger partial charge in [-0.3, -0.25) is 4.79 Å². The van der Waals surface area contributed by atoms with E-state index in [1.807, 2.05) is 0 Å². The lowest BCUT2D eigenvalue weighted by atomic mass is 10.2. The fourth-order valence-corrected chi connectivity index (χ4v) is 2.76. The van der Waals surface area contributed by atoms with Gasteiger partial charge in [-0.1, -0.05) is 49.1 Å². The first-order valence-electron chi connectivity index (χ1n) is 6.31. The second kappa shape index (κ2) is 6.16. The number of carbonyl (C=O) groups is 1. The van der Waals surface area contributed by atoms with Gasteiger partial charge in [-0.05, 0) is 5.56 Å². The molecule has 0 heterocycles. The van der Waals surface area contributed by atoms with E-state index in [1.54, 1.807) is 19.0 Å². The molecule has 0 atom stereocenters. The number of hydrogen-bond donors (Lipinski definition) is 1. The molecule has 1 aromatic rings. The van der Waals surface area contributed by atoms with Crippen LogP contribution in [0.25, 0.3) is 0 Å². The molecular formula is C14H24N2OSi. The van der Waals surface area contributed by atoms with Gasteiger partial charge in [0.15, 0.2) is 0 Å². The van der Waals surface area contributed by atoms with Crippen molar-refractivity contribution >= 4 is 19.2 Å². The van der Waals surface area contributed by atoms with E-state index >= 15 is 0 Å². The highest BCUT2D eigenvalue weighted by atomic mass is 28.3. The van der Waals surface area contributed by atoms with Crippen molar-refractivity contribution in [2.45, 2.75) is 26.2 Å². The lowest BCUT2D eigenvalue weighted by Gasteiger charge is -2.17. The maximum Gasteiger partial charge on any atom is 0.236 e. The molecule has 1 rings (SSSR count). The second-order valence-corrected chi connectivity index (χ2v) is 10.9. The summed E-state index contributed by atoms with van der Waals surface area (Å²) in [6.45, 7) is 8.16. The van der Waals surface area contributed by atoms with Crippen molar-refractivity contribution in [3.8, 4) is 0 Å². The molecule has 18 heavy (non-hydrogen) atoms. The molecule has 1 amide bonds. The molecular weight excluding hydrogens is 240 g/mol. The molecule has 0 unspecified atom stereocenters. The third-order valence-electron chi connectivity index (χ3n) is 2.92. The van der Waals surface area contributed by atoms with Crippen molar-refractivity contribution in [1.29, 1.82) is 0 Å². The van der Waals surface area contributed by atoms with Crippen molar-refractivity contribution in [3.63, 3.8) is 0 Å². The zero-order valence-corrected chi connectivity index (χ0v) is 13.1. The van der Waals surface area contributed by atoms with E-state index in [0.717, 1.165) is 6.54 Å². The van der Waals surface area contributed by atoms with E-state index in [2.05, 4.69) is 49.2 Å². The Kier molecular flexibility index (Phi) is 5.11. The van der Waals surface area contributed by atoms with Gasteiger partial charge in [0.05, 0.1) is 14.6 Å². The van der Waals surface area contributed by atoms with E-state index in [0.29, 0.717) is 6.54 Å². The summed E-state index contributed by atoms with van der Waals surface area (Å²) in [6, 6.07) is 8.75. The maximum absolute atomic E-state index is 11.4. The van der Waals surface area contributed by atoms with Gasteiger partial charge in [-0.2, -0.15) is 0 Å². The van der Waals surface area contributed by atoms with Crippen molar-refractivity contribution in [1.82, 2.24) is 10.2 Å². The molecule has 0 bridgehead atoms. The number of hydrogen-bond acceptors (Lipinski definition) is 2. The van der Waals surface area contributed by atoms with Crippen LogP contribution < -0.4 is 10.5 Å². The molecule has 1 aromatic carbocycles. The van der Waals surface area contributed by atoms with Crippen LogP contribution in [0.4, 0.5) is 0 Å². The van der Waals surface area contributed by atoms with E-state index < -0.39 is 8.07 Å². The van der Waals surface area contributed by atoms with E-state index in [1.165, 1.54) is 10.8 Å². The van der Waals surface area contributed by atoms with Gasteiger partial charge in [-0.15, -0.1) is 0 Å². The van der Waals surface area contributed by atoms with Gasteiger partial charge in [0, 0.05) is 20.6 Å². The van der Waals surface area contributed by atoms with Crippen molar-refractivity contribution in [3.05, 3.63) is 29.8 Å². The number of carbonyl (C=O) groups excluding carboxylic acids is 1. The summed E-state index contributed by atoms with van der Waals surface area (Å²) in [6.07, 6.45) is 0. The quantitative estimate of drug-likeness (QED) is 0.816. The molecule has 0 fully saturated rings. The lowest BCUT2D eigenvalue weighted by molar-refractivity contribution is -0.127. The standard InChI is InChI=1S/C14H24N2OSi/c1-16(2)14(17)11-15-10-12-6-8-13(9-7-12)18(3,4)5/h6-9,15H,10-11H2,1-5H3. The van der Waals surface area contributed by atoms with Gasteiger partial charge >= 0.3 is 0 Å². The first-order valence-corrected chi connectivity index (χ1v) is 9.81. The normalized spacial score (nSPS) is 11.4. The van der Waals surface area contributed by atoms with Crippen LogP contribution in [0.15, 0.2) is 24.3 Å². The molecule has 0 aliphatic carbocycles. The number of likely N-dealkylation sites (N-methyl/N-ethyl adjacent to an activating group) is 1. The van der Waals surface area contributed by atoms with Crippen LogP contribution in [-0.2, 0) is 11.3 Å². The second-order valence-electron chi connectivity index (χ2n) is 5.84. The van der Waals surface area contributed by atoms with Crippen molar-refractivity contribution < 1.29 is 4.79 Å². The zero-order valence-electron chi connectivity index (χ0n) is 12.1. The number of nitrogens with zero attached hydrogens (tertiary/aromatic N) is 1. The van der Waals surface area contributed by atoms with Gasteiger partial charge in [0.25, 0.3) is 0 Å². The van der Waals surface area contributed by atoms with Crippen LogP contribution in [0.5, 0.6) is 0 Å². The van der Waals surface area contributed by atoms with Gasteiger partial charge in [-0.25, -0.2) is 0 Å². The van der Waals surface area contributed by atoms with E-state index in [-0.39, 0.29) is 5.91 Å². The number of amides is 1. The summed E-state index contributed by atoms with van der Waals surface area (Å²) in [5, 5.41) is 4.63. The summed E-state index contributed by atoms with van der Waals surface area (Å²) in [4.78, 5) is 13.0. The number of nitrogens with one attached hydrogen (secondary N) is 1. The molecule has 0 saturated carbocycles. The Bertz CT molecular complexity index is 393. The zero-order chi connectivity index (χ0) is 13.8. The fraction of sp³-hybridized carbons (Fsp3) is 0.500. The van der Waals surface area contributed by atoms with Gasteiger partial charge in [0.1, 0.15) is 0 Å². The summed E-state index contributed by atoms with van der Waals surface area (Å²) in [5.41, 5.74) is 1.23. The Balaban J connectivity index is 2.47. The predicted octanol–water partition coefficient (Wildman–Crippen LogP) is 1.41. The SMILES string of the molecule is CN(C)C(=O)CNCc1ccc([Si](C)(C)C)cc1. The fourth-order valence-electron chi connectivity index (χ4n) is 1.59. The first kappa shape index (κ1) is 14.9. The molecule has 0 aromatic heterocycles. The molecule has 4 heteroatoms. The summed E-state index contributed by atoms with van der Waals surface area (Å²) >= 11 is 0. The van der Waals surface area contributed by atoms with Crippen LogP contribution in [0.1, 0.15) is 5.56 Å². The van der Waals surface area contributed by atoms with Crippen molar-refractivity contribution in [2.75, 3.05) is 20.6 Å². The Morgan fingerprint density at radius 3 is 2.17 bits per heavy atom. The lowest BCUT2D eigenvalue weighted by Crippen LogP contribution is -2.37. The third kappa shape index (κ3) is 4.62. The predicted molar refractivity (Wildman–Crippen MR) is 79.8 cm³/mol. The molecule has 0 saturated heterocycles. The Hall–Kier alpha value is -1.13. The summed E-state index contributed by atoms with van der Waals surface area (Å²) in [7, 11) is 2.34. The third-order valence-corrected chi connectivity index (χ3v) is 4.99. The highest BCUT2D eigenvalue weighted by Gasteiger charge is 2.15. The maximum atomic E-state index is 11.4. The van der Waals surface area contributed by atoms with Crippen LogP contribution in [-0.4, -0.2) is 39.5 Å². The molecule has 0 spiro atoms. The minimum absolute atomic E-state index is 0.105. The van der Waals surface area contributed by atoms with E-state index in [4.69, 9.17) is 0 Å². The Labute approximate surface area is 111 Å². The molecule has 0 aliphatic heterocycles. The molecule has 100 valence electrons. The number of rotatable bonds is 5. The first-order chi connectivity index (χ1) is 8.30.